The molecule has 0 saturated heterocycles. The van der Waals surface area contributed by atoms with Gasteiger partial charge >= 0.3 is 0 Å². The number of hydrogen-bond donors (Lipinski definition) is 1. The zero-order valence-electron chi connectivity index (χ0n) is 10.1. The number of hydrogen-bond acceptors (Lipinski definition) is 2. The summed E-state index contributed by atoms with van der Waals surface area (Å²) in [5.74, 6) is 0. The molecule has 0 spiro atoms. The second kappa shape index (κ2) is 3.82. The summed E-state index contributed by atoms with van der Waals surface area (Å²) in [6, 6.07) is 11.4. The van der Waals surface area contributed by atoms with Crippen molar-refractivity contribution in [2.75, 3.05) is 0 Å². The predicted molar refractivity (Wildman–Crippen MR) is 72.6 cm³/mol. The quantitative estimate of drug-likeness (QED) is 0.759. The van der Waals surface area contributed by atoms with Crippen LogP contribution in [0.25, 0.3) is 16.6 Å². The molecule has 0 amide bonds. The average Bonchev–Trinajstić information content (AvgIpc) is 3.11. The van der Waals surface area contributed by atoms with Gasteiger partial charge in [-0.1, -0.05) is 6.07 Å². The molecule has 0 unspecified atom stereocenters. The number of benzene rings is 1. The summed E-state index contributed by atoms with van der Waals surface area (Å²) in [7, 11) is 0. The van der Waals surface area contributed by atoms with Crippen LogP contribution in [0.3, 0.4) is 0 Å². The number of fused-ring (bicyclic) bond motifs is 3. The molecule has 3 aromatic rings. The van der Waals surface area contributed by atoms with E-state index >= 15 is 0 Å². The normalized spacial score (nSPS) is 15.6. The second-order valence-electron chi connectivity index (χ2n) is 5.04. The molecule has 0 atom stereocenters. The van der Waals surface area contributed by atoms with E-state index in [4.69, 9.17) is 0 Å². The van der Waals surface area contributed by atoms with Crippen LogP contribution in [0.15, 0.2) is 42.7 Å². The predicted octanol–water partition coefficient (Wildman–Crippen LogP) is 2.74. The molecule has 0 radical (unpaired) electrons. The van der Waals surface area contributed by atoms with Crippen molar-refractivity contribution < 1.29 is 0 Å². The van der Waals surface area contributed by atoms with Gasteiger partial charge in [-0.2, -0.15) is 0 Å². The van der Waals surface area contributed by atoms with Gasteiger partial charge in [0.2, 0.25) is 0 Å². The topological polar surface area (TPSA) is 29.3 Å². The van der Waals surface area contributed by atoms with E-state index < -0.39 is 0 Å². The highest BCUT2D eigenvalue weighted by atomic mass is 14.9. The second-order valence-corrected chi connectivity index (χ2v) is 5.04. The fourth-order valence-corrected chi connectivity index (χ4v) is 2.39. The van der Waals surface area contributed by atoms with Crippen LogP contribution in [-0.2, 0) is 6.54 Å². The lowest BCUT2D eigenvalue weighted by Crippen LogP contribution is -2.15. The summed E-state index contributed by atoms with van der Waals surface area (Å²) in [5, 5.41) is 3.55. The highest BCUT2D eigenvalue weighted by Gasteiger charge is 2.19. The molecule has 2 heterocycles. The average molecular weight is 237 g/mol. The molecule has 0 aliphatic heterocycles. The highest BCUT2D eigenvalue weighted by molar-refractivity contribution is 5.78. The van der Waals surface area contributed by atoms with E-state index in [9.17, 15) is 0 Å². The fourth-order valence-electron chi connectivity index (χ4n) is 2.39. The molecule has 1 saturated carbocycles. The summed E-state index contributed by atoms with van der Waals surface area (Å²) >= 11 is 0. The van der Waals surface area contributed by atoms with Crippen LogP contribution >= 0.6 is 0 Å². The Balaban J connectivity index is 1.80. The van der Waals surface area contributed by atoms with Crippen molar-refractivity contribution in [3.05, 3.63) is 48.3 Å². The van der Waals surface area contributed by atoms with Crippen LogP contribution in [-0.4, -0.2) is 15.4 Å². The molecule has 0 bridgehead atoms. The minimum absolute atomic E-state index is 0.751. The van der Waals surface area contributed by atoms with Crippen LogP contribution in [0.5, 0.6) is 0 Å². The van der Waals surface area contributed by atoms with Gasteiger partial charge in [-0.15, -0.1) is 0 Å². The molecule has 1 aromatic carbocycles. The Morgan fingerprint density at radius 1 is 1.28 bits per heavy atom. The summed E-state index contributed by atoms with van der Waals surface area (Å²) < 4.78 is 2.20. The van der Waals surface area contributed by atoms with E-state index in [1.165, 1.54) is 23.9 Å². The van der Waals surface area contributed by atoms with Crippen molar-refractivity contribution in [2.24, 2.45) is 0 Å². The third-order valence-corrected chi connectivity index (χ3v) is 3.59. The minimum Gasteiger partial charge on any atom is -0.314 e. The Hall–Kier alpha value is -1.87. The minimum atomic E-state index is 0.751. The zero-order valence-corrected chi connectivity index (χ0v) is 10.1. The monoisotopic (exact) mass is 237 g/mol. The largest absolute Gasteiger partial charge is 0.314 e. The SMILES string of the molecule is c1cc2cnc3ccc(CNC4CC4)cc3n2c1. The van der Waals surface area contributed by atoms with Gasteiger partial charge in [0.25, 0.3) is 0 Å². The van der Waals surface area contributed by atoms with Gasteiger partial charge in [0.15, 0.2) is 0 Å². The number of aromatic nitrogens is 2. The van der Waals surface area contributed by atoms with Crippen molar-refractivity contribution in [1.29, 1.82) is 0 Å². The summed E-state index contributed by atoms with van der Waals surface area (Å²) in [5.41, 5.74) is 4.72. The Morgan fingerprint density at radius 2 is 2.22 bits per heavy atom. The molecule has 18 heavy (non-hydrogen) atoms. The van der Waals surface area contributed by atoms with E-state index in [1.54, 1.807) is 0 Å². The van der Waals surface area contributed by atoms with Gasteiger partial charge in [0.1, 0.15) is 0 Å². The van der Waals surface area contributed by atoms with Gasteiger partial charge in [-0.3, -0.25) is 4.98 Å². The third kappa shape index (κ3) is 1.68. The number of rotatable bonds is 3. The lowest BCUT2D eigenvalue weighted by Gasteiger charge is -2.06. The first-order chi connectivity index (χ1) is 8.90. The summed E-state index contributed by atoms with van der Waals surface area (Å²) in [4.78, 5) is 4.49. The molecular weight excluding hydrogens is 222 g/mol. The number of nitrogens with one attached hydrogen (secondary N) is 1. The van der Waals surface area contributed by atoms with Gasteiger partial charge in [0.05, 0.1) is 22.7 Å². The summed E-state index contributed by atoms with van der Waals surface area (Å²) in [6.07, 6.45) is 6.68. The molecule has 1 aliphatic rings. The van der Waals surface area contributed by atoms with Crippen LogP contribution in [0.1, 0.15) is 18.4 Å². The fraction of sp³-hybridized carbons (Fsp3) is 0.267. The first-order valence-corrected chi connectivity index (χ1v) is 6.48. The maximum absolute atomic E-state index is 4.49. The van der Waals surface area contributed by atoms with Gasteiger partial charge < -0.3 is 9.72 Å². The Labute approximate surface area is 105 Å². The number of nitrogens with zero attached hydrogens (tertiary/aromatic N) is 2. The van der Waals surface area contributed by atoms with Crippen molar-refractivity contribution in [1.82, 2.24) is 14.7 Å². The maximum Gasteiger partial charge on any atom is 0.0871 e. The van der Waals surface area contributed by atoms with E-state index in [0.717, 1.165) is 23.6 Å². The standard InChI is InChI=1S/C15H15N3/c1-2-13-10-17-14-6-3-11(9-16-12-4-5-12)8-15(14)18(13)7-1/h1-3,6-8,10,12,16H,4-5,9H2. The molecule has 4 rings (SSSR count). The molecule has 3 nitrogen and oxygen atoms in total. The Bertz CT molecular complexity index is 710. The molecule has 1 fully saturated rings. The van der Waals surface area contributed by atoms with Gasteiger partial charge in [-0.05, 0) is 42.7 Å². The smallest absolute Gasteiger partial charge is 0.0871 e. The van der Waals surface area contributed by atoms with Crippen LogP contribution in [0, 0.1) is 0 Å². The zero-order chi connectivity index (χ0) is 11.9. The lowest BCUT2D eigenvalue weighted by molar-refractivity contribution is 0.688. The Morgan fingerprint density at radius 3 is 3.11 bits per heavy atom. The molecule has 2 aromatic heterocycles. The van der Waals surface area contributed by atoms with E-state index in [0.29, 0.717) is 0 Å². The molecule has 3 heteroatoms. The summed E-state index contributed by atoms with van der Waals surface area (Å²) in [6.45, 7) is 0.957. The van der Waals surface area contributed by atoms with Gasteiger partial charge in [-0.25, -0.2) is 0 Å². The van der Waals surface area contributed by atoms with E-state index in [-0.39, 0.29) is 0 Å². The van der Waals surface area contributed by atoms with Gasteiger partial charge in [0, 0.05) is 18.8 Å². The molecule has 1 N–H and O–H groups in total. The lowest BCUT2D eigenvalue weighted by atomic mass is 10.2. The third-order valence-electron chi connectivity index (χ3n) is 3.59. The van der Waals surface area contributed by atoms with E-state index in [1.807, 2.05) is 6.20 Å². The Kier molecular flexibility index (Phi) is 2.14. The molecule has 1 aliphatic carbocycles. The maximum atomic E-state index is 4.49. The molecular formula is C15H15N3. The highest BCUT2D eigenvalue weighted by Crippen LogP contribution is 2.21. The van der Waals surface area contributed by atoms with Crippen LogP contribution < -0.4 is 5.32 Å². The van der Waals surface area contributed by atoms with Crippen molar-refractivity contribution in [3.8, 4) is 0 Å². The van der Waals surface area contributed by atoms with Crippen LogP contribution in [0.4, 0.5) is 0 Å². The first kappa shape index (κ1) is 10.1. The van der Waals surface area contributed by atoms with E-state index in [2.05, 4.69) is 51.2 Å². The molecule has 90 valence electrons. The van der Waals surface area contributed by atoms with Crippen molar-refractivity contribution in [2.45, 2.75) is 25.4 Å². The van der Waals surface area contributed by atoms with Crippen LogP contribution in [0.2, 0.25) is 0 Å². The van der Waals surface area contributed by atoms with Crippen molar-refractivity contribution in [3.63, 3.8) is 0 Å². The van der Waals surface area contributed by atoms with Crippen molar-refractivity contribution >= 4 is 16.6 Å². The first-order valence-electron chi connectivity index (χ1n) is 6.48.